The minimum Gasteiger partial charge on any atom is -0.465 e. The highest BCUT2D eigenvalue weighted by Crippen LogP contribution is 2.35. The van der Waals surface area contributed by atoms with Gasteiger partial charge in [-0.25, -0.2) is 9.59 Å². The third-order valence-electron chi connectivity index (χ3n) is 5.85. The maximum Gasteiger partial charge on any atom is 0.343 e. The van der Waals surface area contributed by atoms with Crippen LogP contribution >= 0.6 is 0 Å². The average Bonchev–Trinajstić information content (AvgIpc) is 2.76. The highest BCUT2D eigenvalue weighted by Gasteiger charge is 2.24. The van der Waals surface area contributed by atoms with E-state index in [1.54, 1.807) is 18.2 Å². The molecule has 0 aliphatic heterocycles. The number of hydrogen-bond acceptors (Lipinski definition) is 4. The third kappa shape index (κ3) is 4.69. The first kappa shape index (κ1) is 22.3. The number of methoxy groups -OCH3 is 1. The minimum absolute atomic E-state index is 0.194. The van der Waals surface area contributed by atoms with Crippen LogP contribution in [-0.4, -0.2) is 19.0 Å². The lowest BCUT2D eigenvalue weighted by Gasteiger charge is -2.27. The highest BCUT2D eigenvalue weighted by molar-refractivity contribution is 5.96. The molecule has 0 fully saturated rings. The zero-order chi connectivity index (χ0) is 22.8. The quantitative estimate of drug-likeness (QED) is 0.381. The predicted molar refractivity (Wildman–Crippen MR) is 122 cm³/mol. The molecule has 0 saturated carbocycles. The molecule has 0 N–H and O–H groups in total. The van der Waals surface area contributed by atoms with Crippen molar-refractivity contribution in [3.05, 3.63) is 99.6 Å². The fraction of sp³-hybridized carbons (Fsp3) is 0.259. The molecule has 31 heavy (non-hydrogen) atoms. The molecule has 3 aromatic rings. The molecule has 0 aromatic heterocycles. The summed E-state index contributed by atoms with van der Waals surface area (Å²) < 4.78 is 10.3. The van der Waals surface area contributed by atoms with Gasteiger partial charge in [0.2, 0.25) is 0 Å². The van der Waals surface area contributed by atoms with E-state index < -0.39 is 11.9 Å². The Morgan fingerprint density at radius 3 is 1.87 bits per heavy atom. The van der Waals surface area contributed by atoms with Crippen molar-refractivity contribution in [2.45, 2.75) is 40.0 Å². The summed E-state index contributed by atoms with van der Waals surface area (Å²) in [6.45, 7) is 10.5. The summed E-state index contributed by atoms with van der Waals surface area (Å²) in [7, 11) is 1.30. The molecule has 0 aliphatic rings. The van der Waals surface area contributed by atoms with E-state index in [0.29, 0.717) is 16.9 Å². The Morgan fingerprint density at radius 1 is 0.710 bits per heavy atom. The molecule has 3 rings (SSSR count). The van der Waals surface area contributed by atoms with E-state index in [9.17, 15) is 9.59 Å². The molecule has 160 valence electrons. The number of carbonyl (C=O) groups is 2. The smallest absolute Gasteiger partial charge is 0.343 e. The van der Waals surface area contributed by atoms with Crippen LogP contribution in [0.15, 0.2) is 60.7 Å². The summed E-state index contributed by atoms with van der Waals surface area (Å²) in [5.74, 6) is -0.521. The van der Waals surface area contributed by atoms with Crippen molar-refractivity contribution in [3.63, 3.8) is 0 Å². The summed E-state index contributed by atoms with van der Waals surface area (Å²) in [6, 6.07) is 18.7. The van der Waals surface area contributed by atoms with Gasteiger partial charge in [-0.3, -0.25) is 0 Å². The van der Waals surface area contributed by atoms with Crippen molar-refractivity contribution in [3.8, 4) is 5.75 Å². The van der Waals surface area contributed by atoms with E-state index in [2.05, 4.69) is 52.0 Å². The second kappa shape index (κ2) is 8.76. The van der Waals surface area contributed by atoms with Gasteiger partial charge >= 0.3 is 11.9 Å². The fourth-order valence-corrected chi connectivity index (χ4v) is 3.50. The molecule has 0 spiro atoms. The van der Waals surface area contributed by atoms with E-state index in [-0.39, 0.29) is 5.41 Å². The van der Waals surface area contributed by atoms with Crippen LogP contribution in [0.4, 0.5) is 0 Å². The Kier molecular flexibility index (Phi) is 6.30. The molecule has 0 radical (unpaired) electrons. The number of carbonyl (C=O) groups excluding carboxylic acids is 2. The van der Waals surface area contributed by atoms with Gasteiger partial charge < -0.3 is 9.47 Å². The van der Waals surface area contributed by atoms with E-state index in [4.69, 9.17) is 9.47 Å². The molecule has 0 bridgehead atoms. The summed E-state index contributed by atoms with van der Waals surface area (Å²) in [4.78, 5) is 24.3. The minimum atomic E-state index is -0.518. The second-order valence-electron chi connectivity index (χ2n) is 8.37. The van der Waals surface area contributed by atoms with Crippen molar-refractivity contribution in [2.75, 3.05) is 7.11 Å². The second-order valence-corrected chi connectivity index (χ2v) is 8.37. The monoisotopic (exact) mass is 416 g/mol. The lowest BCUT2D eigenvalue weighted by Crippen LogP contribution is -2.19. The number of benzene rings is 3. The molecule has 0 unspecified atom stereocenters. The van der Waals surface area contributed by atoms with E-state index >= 15 is 0 Å². The first-order valence-electron chi connectivity index (χ1n) is 10.2. The summed E-state index contributed by atoms with van der Waals surface area (Å²) in [6.07, 6.45) is 0. The zero-order valence-corrected chi connectivity index (χ0v) is 18.9. The SMILES string of the molecule is COC(=O)c1cccc(C(=O)Oc2ccc(C(C)(C)c3ccc(C)c(C)c3)cc2C)c1. The van der Waals surface area contributed by atoms with Crippen LogP contribution in [-0.2, 0) is 10.2 Å². The molecule has 0 atom stereocenters. The maximum absolute atomic E-state index is 12.6. The summed E-state index contributed by atoms with van der Waals surface area (Å²) in [5.41, 5.74) is 6.19. The lowest BCUT2D eigenvalue weighted by molar-refractivity contribution is 0.0600. The van der Waals surface area contributed by atoms with Crippen LogP contribution < -0.4 is 4.74 Å². The Morgan fingerprint density at radius 2 is 1.29 bits per heavy atom. The molecule has 0 aliphatic carbocycles. The molecule has 0 amide bonds. The molecule has 4 nitrogen and oxygen atoms in total. The maximum atomic E-state index is 12.6. The number of hydrogen-bond donors (Lipinski definition) is 0. The van der Waals surface area contributed by atoms with Gasteiger partial charge in [-0.15, -0.1) is 0 Å². The number of aryl methyl sites for hydroxylation is 3. The average molecular weight is 417 g/mol. The highest BCUT2D eigenvalue weighted by atomic mass is 16.5. The summed E-state index contributed by atoms with van der Waals surface area (Å²) in [5, 5.41) is 0. The molecule has 0 saturated heterocycles. The van der Waals surface area contributed by atoms with Crippen molar-refractivity contribution in [2.24, 2.45) is 0 Å². The van der Waals surface area contributed by atoms with Crippen LogP contribution in [0.2, 0.25) is 0 Å². The van der Waals surface area contributed by atoms with Gasteiger partial charge in [0, 0.05) is 5.41 Å². The fourth-order valence-electron chi connectivity index (χ4n) is 3.50. The van der Waals surface area contributed by atoms with Crippen LogP contribution in [0.5, 0.6) is 5.75 Å². The third-order valence-corrected chi connectivity index (χ3v) is 5.85. The van der Waals surface area contributed by atoms with Gasteiger partial charge in [0.1, 0.15) is 5.75 Å². The molecule has 3 aromatic carbocycles. The van der Waals surface area contributed by atoms with Gasteiger partial charge in [0.25, 0.3) is 0 Å². The number of ether oxygens (including phenoxy) is 2. The molecular formula is C27H28O4. The summed E-state index contributed by atoms with van der Waals surface area (Å²) >= 11 is 0. The predicted octanol–water partition coefficient (Wildman–Crippen LogP) is 5.94. The molecule has 4 heteroatoms. The van der Waals surface area contributed by atoms with Crippen LogP contribution in [0.3, 0.4) is 0 Å². The Bertz CT molecular complexity index is 1140. The van der Waals surface area contributed by atoms with E-state index in [0.717, 1.165) is 11.1 Å². The standard InChI is InChI=1S/C27H28O4/c1-17-10-11-22(14-18(17)2)27(4,5)23-12-13-24(19(3)15-23)31-26(29)21-9-7-8-20(16-21)25(28)30-6/h7-16H,1-6H3. The Labute approximate surface area is 183 Å². The van der Waals surface area contributed by atoms with E-state index in [1.807, 2.05) is 19.1 Å². The number of rotatable bonds is 5. The Balaban J connectivity index is 1.84. The lowest BCUT2D eigenvalue weighted by atomic mass is 9.77. The molecule has 0 heterocycles. The van der Waals surface area contributed by atoms with Gasteiger partial charge in [-0.05, 0) is 72.9 Å². The topological polar surface area (TPSA) is 52.6 Å². The van der Waals surface area contributed by atoms with Gasteiger partial charge in [-0.2, -0.15) is 0 Å². The van der Waals surface area contributed by atoms with Crippen molar-refractivity contribution < 1.29 is 19.1 Å². The van der Waals surface area contributed by atoms with Gasteiger partial charge in [0.05, 0.1) is 18.2 Å². The van der Waals surface area contributed by atoms with E-state index in [1.165, 1.54) is 29.9 Å². The van der Waals surface area contributed by atoms with Gasteiger partial charge in [-0.1, -0.05) is 50.2 Å². The largest absolute Gasteiger partial charge is 0.465 e. The van der Waals surface area contributed by atoms with Gasteiger partial charge in [0.15, 0.2) is 0 Å². The number of esters is 2. The van der Waals surface area contributed by atoms with Crippen LogP contribution in [0.1, 0.15) is 62.4 Å². The first-order chi connectivity index (χ1) is 14.6. The van der Waals surface area contributed by atoms with Crippen molar-refractivity contribution in [1.82, 2.24) is 0 Å². The zero-order valence-electron chi connectivity index (χ0n) is 18.9. The first-order valence-corrected chi connectivity index (χ1v) is 10.2. The molecular weight excluding hydrogens is 388 g/mol. The van der Waals surface area contributed by atoms with Crippen molar-refractivity contribution in [1.29, 1.82) is 0 Å². The van der Waals surface area contributed by atoms with Crippen molar-refractivity contribution >= 4 is 11.9 Å². The van der Waals surface area contributed by atoms with Crippen LogP contribution in [0, 0.1) is 20.8 Å². The normalized spacial score (nSPS) is 11.2. The van der Waals surface area contributed by atoms with Crippen LogP contribution in [0.25, 0.3) is 0 Å². The Hall–Kier alpha value is -3.40.